The van der Waals surface area contributed by atoms with Crippen molar-refractivity contribution in [2.45, 2.75) is 38.8 Å². The molecule has 0 amide bonds. The van der Waals surface area contributed by atoms with Crippen LogP contribution in [0.1, 0.15) is 31.4 Å². The number of benzene rings is 2. The molecule has 1 aliphatic rings. The van der Waals surface area contributed by atoms with Gasteiger partial charge < -0.3 is 11.5 Å². The molecule has 0 aliphatic carbocycles. The molecule has 4 N–H and O–H groups in total. The summed E-state index contributed by atoms with van der Waals surface area (Å²) in [6.45, 7) is 3.95. The Hall–Kier alpha value is -2.82. The highest BCUT2D eigenvalue weighted by Gasteiger charge is 2.32. The van der Waals surface area contributed by atoms with Gasteiger partial charge in [-0.15, -0.1) is 0 Å². The maximum Gasteiger partial charge on any atom is 0.220 e. The number of anilines is 1. The van der Waals surface area contributed by atoms with E-state index in [0.717, 1.165) is 24.9 Å². The van der Waals surface area contributed by atoms with Crippen molar-refractivity contribution < 1.29 is 0 Å². The molecule has 3 rings (SSSR count). The number of aryl methyl sites for hydroxylation is 2. The van der Waals surface area contributed by atoms with Crippen LogP contribution in [0.4, 0.5) is 5.69 Å². The van der Waals surface area contributed by atoms with E-state index in [0.29, 0.717) is 5.96 Å². The van der Waals surface area contributed by atoms with Crippen LogP contribution in [0.15, 0.2) is 64.6 Å². The van der Waals surface area contributed by atoms with Crippen LogP contribution in [0.3, 0.4) is 0 Å². The maximum atomic E-state index is 6.12. The smallest absolute Gasteiger partial charge is 0.220 e. The molecule has 5 nitrogen and oxygen atoms in total. The lowest BCUT2D eigenvalue weighted by Crippen LogP contribution is -2.54. The van der Waals surface area contributed by atoms with Gasteiger partial charge in [-0.1, -0.05) is 42.5 Å². The first-order valence-electron chi connectivity index (χ1n) is 8.58. The van der Waals surface area contributed by atoms with E-state index in [9.17, 15) is 0 Å². The van der Waals surface area contributed by atoms with E-state index in [1.54, 1.807) is 0 Å². The second-order valence-electron chi connectivity index (χ2n) is 6.78. The van der Waals surface area contributed by atoms with Gasteiger partial charge in [0.05, 0.1) is 0 Å². The van der Waals surface area contributed by atoms with E-state index in [1.807, 2.05) is 24.8 Å². The lowest BCUT2D eigenvalue weighted by atomic mass is 10.0. The van der Waals surface area contributed by atoms with Gasteiger partial charge in [0.15, 0.2) is 0 Å². The van der Waals surface area contributed by atoms with Gasteiger partial charge in [-0.25, -0.2) is 4.99 Å². The zero-order chi connectivity index (χ0) is 17.9. The number of nitrogens with zero attached hydrogens (tertiary/aromatic N) is 3. The fourth-order valence-corrected chi connectivity index (χ4v) is 3.24. The zero-order valence-corrected chi connectivity index (χ0v) is 14.8. The van der Waals surface area contributed by atoms with E-state index < -0.39 is 5.66 Å². The summed E-state index contributed by atoms with van der Waals surface area (Å²) in [5.74, 6) is 0.594. The monoisotopic (exact) mass is 335 g/mol. The van der Waals surface area contributed by atoms with Crippen molar-refractivity contribution in [2.24, 2.45) is 21.5 Å². The van der Waals surface area contributed by atoms with E-state index in [4.69, 9.17) is 11.5 Å². The summed E-state index contributed by atoms with van der Waals surface area (Å²) < 4.78 is 0. The molecule has 1 aliphatic heterocycles. The topological polar surface area (TPSA) is 80.0 Å². The molecule has 25 heavy (non-hydrogen) atoms. The predicted octanol–water partition coefficient (Wildman–Crippen LogP) is 3.05. The Kier molecular flexibility index (Phi) is 4.74. The third-order valence-corrected chi connectivity index (χ3v) is 4.34. The van der Waals surface area contributed by atoms with Crippen LogP contribution in [0.2, 0.25) is 0 Å². The van der Waals surface area contributed by atoms with Gasteiger partial charge in [0.1, 0.15) is 5.66 Å². The van der Waals surface area contributed by atoms with Crippen molar-refractivity contribution in [1.29, 1.82) is 0 Å². The molecule has 0 fully saturated rings. The molecule has 0 saturated carbocycles. The number of guanidine groups is 2. The van der Waals surface area contributed by atoms with E-state index in [2.05, 4.69) is 58.5 Å². The fourth-order valence-electron chi connectivity index (χ4n) is 3.24. The highest BCUT2D eigenvalue weighted by molar-refractivity contribution is 6.05. The lowest BCUT2D eigenvalue weighted by Gasteiger charge is -2.38. The van der Waals surface area contributed by atoms with Crippen molar-refractivity contribution in [1.82, 2.24) is 0 Å². The van der Waals surface area contributed by atoms with Crippen molar-refractivity contribution in [3.05, 3.63) is 65.7 Å². The molecule has 0 saturated heterocycles. The first-order valence-corrected chi connectivity index (χ1v) is 8.58. The Labute approximate surface area is 149 Å². The molecule has 0 atom stereocenters. The Balaban J connectivity index is 1.72. The molecule has 5 heteroatoms. The quantitative estimate of drug-likeness (QED) is 0.881. The van der Waals surface area contributed by atoms with Crippen LogP contribution in [0, 0.1) is 0 Å². The van der Waals surface area contributed by atoms with Gasteiger partial charge in [-0.05, 0) is 56.4 Å². The molecule has 130 valence electrons. The summed E-state index contributed by atoms with van der Waals surface area (Å²) in [7, 11) is 0. The molecule has 0 aromatic heterocycles. The molecule has 1 heterocycles. The van der Waals surface area contributed by atoms with Crippen molar-refractivity contribution in [3.63, 3.8) is 0 Å². The van der Waals surface area contributed by atoms with Gasteiger partial charge in [0.2, 0.25) is 11.9 Å². The van der Waals surface area contributed by atoms with Gasteiger partial charge in [-0.2, -0.15) is 4.99 Å². The average Bonchev–Trinajstić information content (AvgIpc) is 2.54. The molecule has 0 bridgehead atoms. The summed E-state index contributed by atoms with van der Waals surface area (Å²) >= 11 is 0. The van der Waals surface area contributed by atoms with E-state index in [-0.39, 0.29) is 5.96 Å². The standard InChI is InChI=1S/C20H25N5/c1-20(2)24-18(21)23-19(22)25(20)17-13-7-12-16(14-17)11-6-10-15-8-4-3-5-9-15/h3-5,7-9,12-14H,6,10-11H2,1-2H3,(H4,21,22,23,24). The molecule has 2 aromatic rings. The first kappa shape index (κ1) is 17.0. The second kappa shape index (κ2) is 6.97. The highest BCUT2D eigenvalue weighted by atomic mass is 15.4. The minimum Gasteiger partial charge on any atom is -0.369 e. The Morgan fingerprint density at radius 3 is 2.32 bits per heavy atom. The minimum absolute atomic E-state index is 0.220. The summed E-state index contributed by atoms with van der Waals surface area (Å²) in [6, 6.07) is 19.0. The molecule has 0 radical (unpaired) electrons. The number of nitrogens with two attached hydrogens (primary N) is 2. The van der Waals surface area contributed by atoms with Crippen LogP contribution < -0.4 is 16.4 Å². The second-order valence-corrected chi connectivity index (χ2v) is 6.78. The van der Waals surface area contributed by atoms with Gasteiger partial charge in [0.25, 0.3) is 0 Å². The largest absolute Gasteiger partial charge is 0.369 e. The first-order chi connectivity index (χ1) is 12.0. The third-order valence-electron chi connectivity index (χ3n) is 4.34. The van der Waals surface area contributed by atoms with E-state index >= 15 is 0 Å². The average molecular weight is 335 g/mol. The summed E-state index contributed by atoms with van der Waals surface area (Å²) in [4.78, 5) is 10.4. The summed E-state index contributed by atoms with van der Waals surface area (Å²) in [5.41, 5.74) is 14.9. The molecular weight excluding hydrogens is 310 g/mol. The Bertz CT molecular complexity index is 793. The van der Waals surface area contributed by atoms with Crippen LogP contribution in [0.25, 0.3) is 0 Å². The summed E-state index contributed by atoms with van der Waals surface area (Å²) in [6.07, 6.45) is 3.19. The van der Waals surface area contributed by atoms with Crippen molar-refractivity contribution in [2.75, 3.05) is 4.90 Å². The maximum absolute atomic E-state index is 6.12. The number of hydrogen-bond acceptors (Lipinski definition) is 5. The zero-order valence-electron chi connectivity index (χ0n) is 14.8. The number of aliphatic imine (C=N–C) groups is 2. The molecule has 0 spiro atoms. The molecule has 0 unspecified atom stereocenters. The van der Waals surface area contributed by atoms with Gasteiger partial charge in [-0.3, -0.25) is 4.90 Å². The molecule has 2 aromatic carbocycles. The van der Waals surface area contributed by atoms with E-state index in [1.165, 1.54) is 11.1 Å². The Morgan fingerprint density at radius 1 is 0.920 bits per heavy atom. The van der Waals surface area contributed by atoms with Gasteiger partial charge in [0, 0.05) is 5.69 Å². The molecular formula is C20H25N5. The SMILES string of the molecule is CC1(C)N=C(N)N=C(N)N1c1cccc(CCCc2ccccc2)c1. The van der Waals surface area contributed by atoms with Crippen molar-refractivity contribution in [3.8, 4) is 0 Å². The third kappa shape index (κ3) is 3.99. The Morgan fingerprint density at radius 2 is 1.60 bits per heavy atom. The normalized spacial score (nSPS) is 16.3. The fraction of sp³-hybridized carbons (Fsp3) is 0.300. The van der Waals surface area contributed by atoms with Crippen LogP contribution >= 0.6 is 0 Å². The highest BCUT2D eigenvalue weighted by Crippen LogP contribution is 2.28. The van der Waals surface area contributed by atoms with Crippen LogP contribution in [-0.4, -0.2) is 17.6 Å². The van der Waals surface area contributed by atoms with Crippen molar-refractivity contribution >= 4 is 17.6 Å². The van der Waals surface area contributed by atoms with Gasteiger partial charge >= 0.3 is 0 Å². The van der Waals surface area contributed by atoms with Crippen LogP contribution in [0.5, 0.6) is 0 Å². The number of rotatable bonds is 5. The minimum atomic E-state index is -0.557. The number of hydrogen-bond donors (Lipinski definition) is 2. The lowest BCUT2D eigenvalue weighted by molar-refractivity contribution is 0.533. The van der Waals surface area contributed by atoms with Crippen LogP contribution in [-0.2, 0) is 12.8 Å². The predicted molar refractivity (Wildman–Crippen MR) is 105 cm³/mol. The summed E-state index contributed by atoms with van der Waals surface area (Å²) in [5, 5.41) is 0.